The highest BCUT2D eigenvalue weighted by Crippen LogP contribution is 2.26. The van der Waals surface area contributed by atoms with E-state index < -0.39 is 0 Å². The smallest absolute Gasteiger partial charge is 0.233 e. The van der Waals surface area contributed by atoms with Crippen molar-refractivity contribution in [1.82, 2.24) is 14.9 Å². The molecule has 1 aliphatic rings. The lowest BCUT2D eigenvalue weighted by atomic mass is 10.2. The molecule has 6 heteroatoms. The number of nitrogens with one attached hydrogen (secondary N) is 1. The SMILES string of the molecule is CC(Sc1nccn1-c1cccc(Cl)c1)C(=O)NC1CCCC1. The Bertz CT molecular complexity index is 682. The van der Waals surface area contributed by atoms with E-state index in [0.717, 1.165) is 23.7 Å². The molecule has 0 aliphatic heterocycles. The molecule has 0 radical (unpaired) electrons. The fourth-order valence-corrected chi connectivity index (χ4v) is 3.88. The van der Waals surface area contributed by atoms with Crippen LogP contribution in [0.5, 0.6) is 0 Å². The number of nitrogens with zero attached hydrogens (tertiary/aromatic N) is 2. The predicted octanol–water partition coefficient (Wildman–Crippen LogP) is 4.07. The van der Waals surface area contributed by atoms with E-state index in [-0.39, 0.29) is 11.2 Å². The largest absolute Gasteiger partial charge is 0.352 e. The zero-order valence-corrected chi connectivity index (χ0v) is 14.6. The molecule has 0 saturated heterocycles. The van der Waals surface area contributed by atoms with Gasteiger partial charge in [0.2, 0.25) is 5.91 Å². The summed E-state index contributed by atoms with van der Waals surface area (Å²) in [6, 6.07) is 7.95. The summed E-state index contributed by atoms with van der Waals surface area (Å²) < 4.78 is 1.95. The molecule has 1 heterocycles. The first-order valence-electron chi connectivity index (χ1n) is 7.90. The van der Waals surface area contributed by atoms with Crippen LogP contribution >= 0.6 is 23.4 Å². The van der Waals surface area contributed by atoms with E-state index in [9.17, 15) is 4.79 Å². The van der Waals surface area contributed by atoms with Crippen LogP contribution in [-0.4, -0.2) is 26.8 Å². The highest BCUT2D eigenvalue weighted by atomic mass is 35.5. The molecule has 1 aliphatic carbocycles. The number of hydrogen-bond donors (Lipinski definition) is 1. The molecule has 1 N–H and O–H groups in total. The van der Waals surface area contributed by atoms with E-state index in [2.05, 4.69) is 10.3 Å². The third-order valence-corrected chi connectivity index (χ3v) is 5.36. The first-order valence-corrected chi connectivity index (χ1v) is 9.15. The lowest BCUT2D eigenvalue weighted by Crippen LogP contribution is -2.37. The summed E-state index contributed by atoms with van der Waals surface area (Å²) in [5.74, 6) is 0.0857. The van der Waals surface area contributed by atoms with Crippen LogP contribution in [0.4, 0.5) is 0 Å². The Morgan fingerprint density at radius 3 is 2.96 bits per heavy atom. The quantitative estimate of drug-likeness (QED) is 0.828. The fraction of sp³-hybridized carbons (Fsp3) is 0.412. The second-order valence-electron chi connectivity index (χ2n) is 5.81. The van der Waals surface area contributed by atoms with Crippen LogP contribution < -0.4 is 5.32 Å². The summed E-state index contributed by atoms with van der Waals surface area (Å²) in [6.07, 6.45) is 8.25. The molecule has 1 saturated carbocycles. The Labute approximate surface area is 145 Å². The zero-order valence-electron chi connectivity index (χ0n) is 13.0. The molecule has 1 amide bonds. The Balaban J connectivity index is 1.68. The monoisotopic (exact) mass is 349 g/mol. The van der Waals surface area contributed by atoms with Crippen molar-refractivity contribution in [3.63, 3.8) is 0 Å². The molecule has 3 rings (SSSR count). The van der Waals surface area contributed by atoms with E-state index in [1.807, 2.05) is 42.0 Å². The van der Waals surface area contributed by atoms with Crippen LogP contribution in [0.2, 0.25) is 5.02 Å². The highest BCUT2D eigenvalue weighted by Gasteiger charge is 2.22. The van der Waals surface area contributed by atoms with Gasteiger partial charge >= 0.3 is 0 Å². The van der Waals surface area contributed by atoms with Gasteiger partial charge in [0.1, 0.15) is 0 Å². The lowest BCUT2D eigenvalue weighted by Gasteiger charge is -2.16. The van der Waals surface area contributed by atoms with E-state index in [1.54, 1.807) is 6.20 Å². The van der Waals surface area contributed by atoms with Gasteiger partial charge in [-0.1, -0.05) is 42.3 Å². The minimum absolute atomic E-state index is 0.0857. The molecular weight excluding hydrogens is 330 g/mol. The molecule has 1 aromatic carbocycles. The number of thioether (sulfide) groups is 1. The first-order chi connectivity index (χ1) is 11.1. The second-order valence-corrected chi connectivity index (χ2v) is 7.55. The highest BCUT2D eigenvalue weighted by molar-refractivity contribution is 8.00. The number of halogens is 1. The van der Waals surface area contributed by atoms with Gasteiger partial charge in [0, 0.05) is 29.1 Å². The van der Waals surface area contributed by atoms with Gasteiger partial charge in [-0.2, -0.15) is 0 Å². The molecule has 4 nitrogen and oxygen atoms in total. The van der Waals surface area contributed by atoms with Crippen molar-refractivity contribution in [2.45, 2.75) is 49.1 Å². The minimum atomic E-state index is -0.184. The summed E-state index contributed by atoms with van der Waals surface area (Å²) in [5, 5.41) is 4.43. The number of rotatable bonds is 5. The van der Waals surface area contributed by atoms with Crippen molar-refractivity contribution in [3.8, 4) is 5.69 Å². The van der Waals surface area contributed by atoms with Gasteiger partial charge in [0.15, 0.2) is 5.16 Å². The van der Waals surface area contributed by atoms with E-state index in [4.69, 9.17) is 11.6 Å². The fourth-order valence-electron chi connectivity index (χ4n) is 2.80. The molecule has 23 heavy (non-hydrogen) atoms. The maximum Gasteiger partial charge on any atom is 0.233 e. The van der Waals surface area contributed by atoms with Gasteiger partial charge < -0.3 is 5.32 Å². The first kappa shape index (κ1) is 16.4. The number of hydrogen-bond acceptors (Lipinski definition) is 3. The molecule has 2 aromatic rings. The molecule has 1 unspecified atom stereocenters. The number of imidazole rings is 1. The van der Waals surface area contributed by atoms with Gasteiger partial charge in [0.25, 0.3) is 0 Å². The summed E-state index contributed by atoms with van der Waals surface area (Å²) >= 11 is 7.53. The van der Waals surface area contributed by atoms with Crippen molar-refractivity contribution in [1.29, 1.82) is 0 Å². The average Bonchev–Trinajstić information content (AvgIpc) is 3.18. The third kappa shape index (κ3) is 4.09. The van der Waals surface area contributed by atoms with Crippen LogP contribution in [0.1, 0.15) is 32.6 Å². The summed E-state index contributed by atoms with van der Waals surface area (Å²) in [6.45, 7) is 1.92. The van der Waals surface area contributed by atoms with Gasteiger partial charge in [0.05, 0.1) is 5.25 Å². The number of carbonyl (C=O) groups excluding carboxylic acids is 1. The Hall–Kier alpha value is -1.46. The van der Waals surface area contributed by atoms with Crippen LogP contribution in [0, 0.1) is 0 Å². The Kier molecular flexibility index (Phi) is 5.28. The van der Waals surface area contributed by atoms with Crippen molar-refractivity contribution in [2.75, 3.05) is 0 Å². The Morgan fingerprint density at radius 2 is 2.22 bits per heavy atom. The van der Waals surface area contributed by atoms with Crippen LogP contribution in [-0.2, 0) is 4.79 Å². The second kappa shape index (κ2) is 7.41. The molecule has 1 atom stereocenters. The maximum atomic E-state index is 12.3. The molecular formula is C17H20ClN3OS. The normalized spacial score (nSPS) is 16.4. The van der Waals surface area contributed by atoms with Crippen molar-refractivity contribution >= 4 is 29.3 Å². The van der Waals surface area contributed by atoms with Gasteiger partial charge in [-0.3, -0.25) is 9.36 Å². The summed E-state index contributed by atoms with van der Waals surface area (Å²) in [4.78, 5) is 16.7. The zero-order chi connectivity index (χ0) is 16.2. The Morgan fingerprint density at radius 1 is 1.43 bits per heavy atom. The van der Waals surface area contributed by atoms with E-state index in [1.165, 1.54) is 24.6 Å². The van der Waals surface area contributed by atoms with E-state index in [0.29, 0.717) is 11.1 Å². The maximum absolute atomic E-state index is 12.3. The molecule has 122 valence electrons. The van der Waals surface area contributed by atoms with Crippen molar-refractivity contribution < 1.29 is 4.79 Å². The number of benzene rings is 1. The van der Waals surface area contributed by atoms with E-state index >= 15 is 0 Å². The number of carbonyl (C=O) groups is 1. The minimum Gasteiger partial charge on any atom is -0.352 e. The summed E-state index contributed by atoms with van der Waals surface area (Å²) in [7, 11) is 0. The van der Waals surface area contributed by atoms with Crippen LogP contribution in [0.25, 0.3) is 5.69 Å². The topological polar surface area (TPSA) is 46.9 Å². The summed E-state index contributed by atoms with van der Waals surface area (Å²) in [5.41, 5.74) is 0.945. The standard InChI is InChI=1S/C17H20ClN3OS/c1-12(16(22)20-14-6-2-3-7-14)23-17-19-9-10-21(17)15-8-4-5-13(18)11-15/h4-5,8-12,14H,2-3,6-7H2,1H3,(H,20,22). The third-order valence-electron chi connectivity index (χ3n) is 4.05. The van der Waals surface area contributed by atoms with Gasteiger partial charge in [-0.15, -0.1) is 0 Å². The average molecular weight is 350 g/mol. The molecule has 1 fully saturated rings. The number of amides is 1. The number of aromatic nitrogens is 2. The predicted molar refractivity (Wildman–Crippen MR) is 94.3 cm³/mol. The lowest BCUT2D eigenvalue weighted by molar-refractivity contribution is -0.120. The van der Waals surface area contributed by atoms with Crippen molar-refractivity contribution in [2.24, 2.45) is 0 Å². The van der Waals surface area contributed by atoms with Crippen molar-refractivity contribution in [3.05, 3.63) is 41.7 Å². The molecule has 0 bridgehead atoms. The molecule has 0 spiro atoms. The van der Waals surface area contributed by atoms with Gasteiger partial charge in [-0.05, 0) is 38.0 Å². The van der Waals surface area contributed by atoms with Crippen LogP contribution in [0.3, 0.4) is 0 Å². The molecule has 1 aromatic heterocycles. The van der Waals surface area contributed by atoms with Crippen LogP contribution in [0.15, 0.2) is 41.8 Å². The van der Waals surface area contributed by atoms with Gasteiger partial charge in [-0.25, -0.2) is 4.98 Å².